The second-order valence-corrected chi connectivity index (χ2v) is 3.23. The highest BCUT2D eigenvalue weighted by atomic mass is 16.3. The van der Waals surface area contributed by atoms with Crippen LogP contribution in [0.2, 0.25) is 0 Å². The molecule has 2 heteroatoms. The van der Waals surface area contributed by atoms with Crippen molar-refractivity contribution in [2.75, 3.05) is 0 Å². The molecule has 0 saturated heterocycles. The van der Waals surface area contributed by atoms with Crippen molar-refractivity contribution >= 4 is 6.29 Å². The van der Waals surface area contributed by atoms with Gasteiger partial charge in [-0.15, -0.1) is 0 Å². The minimum absolute atomic E-state index is 0.593. The zero-order chi connectivity index (χ0) is 9.97. The molecule has 0 saturated carbocycles. The van der Waals surface area contributed by atoms with Crippen LogP contribution >= 0.6 is 0 Å². The summed E-state index contributed by atoms with van der Waals surface area (Å²) in [6, 6.07) is 7.97. The van der Waals surface area contributed by atoms with Crippen molar-refractivity contribution in [3.8, 4) is 11.1 Å². The highest BCUT2D eigenvalue weighted by Gasteiger charge is 2.06. The Morgan fingerprint density at radius 2 is 2.14 bits per heavy atom. The van der Waals surface area contributed by atoms with Crippen molar-refractivity contribution in [1.29, 1.82) is 0 Å². The maximum atomic E-state index is 10.7. The maximum absolute atomic E-state index is 10.7. The van der Waals surface area contributed by atoms with Gasteiger partial charge in [0.2, 0.25) is 0 Å². The monoisotopic (exact) mass is 186 g/mol. The van der Waals surface area contributed by atoms with Crippen LogP contribution in [0.4, 0.5) is 0 Å². The number of hydrogen-bond acceptors (Lipinski definition) is 2. The van der Waals surface area contributed by atoms with E-state index < -0.39 is 0 Å². The Kier molecular flexibility index (Phi) is 2.19. The van der Waals surface area contributed by atoms with Gasteiger partial charge in [-0.2, -0.15) is 0 Å². The summed E-state index contributed by atoms with van der Waals surface area (Å²) in [5.41, 5.74) is 3.63. The van der Waals surface area contributed by atoms with E-state index in [1.54, 1.807) is 6.26 Å². The molecule has 0 unspecified atom stereocenters. The molecular formula is C12H10O2. The average molecular weight is 186 g/mol. The van der Waals surface area contributed by atoms with Gasteiger partial charge in [-0.3, -0.25) is 4.79 Å². The SMILES string of the molecule is Cc1cccc(-c2cocc2C=O)c1. The molecule has 70 valence electrons. The summed E-state index contributed by atoms with van der Waals surface area (Å²) in [5, 5.41) is 0. The number of aryl methyl sites for hydroxylation is 1. The van der Waals surface area contributed by atoms with Crippen LogP contribution < -0.4 is 0 Å². The Balaban J connectivity index is 2.54. The Labute approximate surface area is 82.2 Å². The third-order valence-corrected chi connectivity index (χ3v) is 2.15. The highest BCUT2D eigenvalue weighted by molar-refractivity contribution is 5.86. The van der Waals surface area contributed by atoms with Gasteiger partial charge >= 0.3 is 0 Å². The van der Waals surface area contributed by atoms with Gasteiger partial charge in [0.1, 0.15) is 6.26 Å². The van der Waals surface area contributed by atoms with Gasteiger partial charge in [-0.05, 0) is 12.5 Å². The smallest absolute Gasteiger partial charge is 0.153 e. The molecule has 0 aliphatic rings. The molecule has 0 atom stereocenters. The van der Waals surface area contributed by atoms with Gasteiger partial charge in [0, 0.05) is 5.56 Å². The van der Waals surface area contributed by atoms with Crippen LogP contribution in [0.5, 0.6) is 0 Å². The first-order chi connectivity index (χ1) is 6.81. The lowest BCUT2D eigenvalue weighted by Crippen LogP contribution is -1.82. The lowest BCUT2D eigenvalue weighted by molar-refractivity contribution is 0.112. The first-order valence-corrected chi connectivity index (χ1v) is 4.39. The van der Waals surface area contributed by atoms with E-state index in [9.17, 15) is 4.79 Å². The number of furan rings is 1. The zero-order valence-electron chi connectivity index (χ0n) is 7.86. The molecule has 2 aromatic rings. The van der Waals surface area contributed by atoms with Gasteiger partial charge < -0.3 is 4.42 Å². The summed E-state index contributed by atoms with van der Waals surface area (Å²) in [6.07, 6.45) is 3.87. The molecule has 1 aromatic heterocycles. The summed E-state index contributed by atoms with van der Waals surface area (Å²) in [5.74, 6) is 0. The van der Waals surface area contributed by atoms with E-state index >= 15 is 0 Å². The van der Waals surface area contributed by atoms with Gasteiger partial charge in [0.05, 0.1) is 11.8 Å². The Bertz CT molecular complexity index is 455. The fourth-order valence-corrected chi connectivity index (χ4v) is 1.45. The molecule has 0 spiro atoms. The van der Waals surface area contributed by atoms with Gasteiger partial charge in [0.15, 0.2) is 6.29 Å². The van der Waals surface area contributed by atoms with Crippen LogP contribution in [-0.2, 0) is 0 Å². The Morgan fingerprint density at radius 1 is 1.29 bits per heavy atom. The molecule has 0 N–H and O–H groups in total. The second kappa shape index (κ2) is 3.50. The third-order valence-electron chi connectivity index (χ3n) is 2.15. The van der Waals surface area contributed by atoms with E-state index in [1.807, 2.05) is 31.2 Å². The molecule has 0 amide bonds. The molecule has 0 aliphatic heterocycles. The maximum Gasteiger partial charge on any atom is 0.153 e. The van der Waals surface area contributed by atoms with Gasteiger partial charge in [-0.25, -0.2) is 0 Å². The second-order valence-electron chi connectivity index (χ2n) is 3.23. The first kappa shape index (κ1) is 8.75. The highest BCUT2D eigenvalue weighted by Crippen LogP contribution is 2.24. The quantitative estimate of drug-likeness (QED) is 0.674. The summed E-state index contributed by atoms with van der Waals surface area (Å²) in [6.45, 7) is 2.02. The number of rotatable bonds is 2. The predicted molar refractivity (Wildman–Crippen MR) is 54.3 cm³/mol. The van der Waals surface area contributed by atoms with Gasteiger partial charge in [0.25, 0.3) is 0 Å². The minimum Gasteiger partial charge on any atom is -0.471 e. The van der Waals surface area contributed by atoms with E-state index in [4.69, 9.17) is 4.42 Å². The largest absolute Gasteiger partial charge is 0.471 e. The topological polar surface area (TPSA) is 30.2 Å². The van der Waals surface area contributed by atoms with Crippen LogP contribution in [0.25, 0.3) is 11.1 Å². The van der Waals surface area contributed by atoms with Crippen molar-refractivity contribution in [3.05, 3.63) is 47.9 Å². The molecule has 0 fully saturated rings. The fraction of sp³-hybridized carbons (Fsp3) is 0.0833. The molecule has 14 heavy (non-hydrogen) atoms. The van der Waals surface area contributed by atoms with Crippen LogP contribution in [0, 0.1) is 6.92 Å². The van der Waals surface area contributed by atoms with E-state index in [-0.39, 0.29) is 0 Å². The summed E-state index contributed by atoms with van der Waals surface area (Å²) >= 11 is 0. The third kappa shape index (κ3) is 1.46. The average Bonchev–Trinajstić information content (AvgIpc) is 2.65. The Hall–Kier alpha value is -1.83. The summed E-state index contributed by atoms with van der Waals surface area (Å²) in [7, 11) is 0. The Morgan fingerprint density at radius 3 is 2.86 bits per heavy atom. The van der Waals surface area contributed by atoms with E-state index in [1.165, 1.54) is 11.8 Å². The van der Waals surface area contributed by atoms with E-state index in [2.05, 4.69) is 0 Å². The van der Waals surface area contributed by atoms with E-state index in [0.29, 0.717) is 5.56 Å². The number of aldehydes is 1. The van der Waals surface area contributed by atoms with Gasteiger partial charge in [-0.1, -0.05) is 29.8 Å². The molecule has 0 bridgehead atoms. The zero-order valence-corrected chi connectivity index (χ0v) is 7.86. The molecule has 2 nitrogen and oxygen atoms in total. The normalized spacial score (nSPS) is 10.1. The molecule has 1 aromatic carbocycles. The first-order valence-electron chi connectivity index (χ1n) is 4.39. The standard InChI is InChI=1S/C12H10O2/c1-9-3-2-4-10(5-9)12-8-14-7-11(12)6-13/h2-8H,1H3. The lowest BCUT2D eigenvalue weighted by Gasteiger charge is -1.99. The van der Waals surface area contributed by atoms with Crippen molar-refractivity contribution in [2.45, 2.75) is 6.92 Å². The summed E-state index contributed by atoms with van der Waals surface area (Å²) in [4.78, 5) is 10.7. The van der Waals surface area contributed by atoms with Crippen LogP contribution in [0.15, 0.2) is 41.2 Å². The molecule has 0 aliphatic carbocycles. The predicted octanol–water partition coefficient (Wildman–Crippen LogP) is 3.07. The minimum atomic E-state index is 0.593. The van der Waals surface area contributed by atoms with Crippen molar-refractivity contribution in [3.63, 3.8) is 0 Å². The summed E-state index contributed by atoms with van der Waals surface area (Å²) < 4.78 is 5.00. The number of benzene rings is 1. The fourth-order valence-electron chi connectivity index (χ4n) is 1.45. The van der Waals surface area contributed by atoms with Crippen LogP contribution in [-0.4, -0.2) is 6.29 Å². The number of hydrogen-bond donors (Lipinski definition) is 0. The molecule has 1 heterocycles. The molecule has 0 radical (unpaired) electrons. The van der Waals surface area contributed by atoms with Crippen LogP contribution in [0.1, 0.15) is 15.9 Å². The van der Waals surface area contributed by atoms with Crippen molar-refractivity contribution in [2.24, 2.45) is 0 Å². The van der Waals surface area contributed by atoms with Crippen molar-refractivity contribution < 1.29 is 9.21 Å². The molecule has 2 rings (SSSR count). The van der Waals surface area contributed by atoms with Crippen molar-refractivity contribution in [1.82, 2.24) is 0 Å². The van der Waals surface area contributed by atoms with Crippen LogP contribution in [0.3, 0.4) is 0 Å². The number of carbonyl (C=O) groups excluding carboxylic acids is 1. The van der Waals surface area contributed by atoms with E-state index in [0.717, 1.165) is 17.4 Å². The molecular weight excluding hydrogens is 176 g/mol. The number of carbonyl (C=O) groups is 1. The lowest BCUT2D eigenvalue weighted by atomic mass is 10.0.